The Labute approximate surface area is 189 Å². The summed E-state index contributed by atoms with van der Waals surface area (Å²) in [4.78, 5) is 21.9. The molecule has 0 aromatic carbocycles. The minimum absolute atomic E-state index is 0.203. The molecule has 2 atom stereocenters. The maximum atomic E-state index is 12.8. The number of nitrogens with zero attached hydrogens (tertiary/aromatic N) is 3. The summed E-state index contributed by atoms with van der Waals surface area (Å²) in [6.07, 6.45) is 3.79. The highest BCUT2D eigenvalue weighted by Gasteiger charge is 2.52. The Morgan fingerprint density at radius 2 is 1.81 bits per heavy atom. The predicted molar refractivity (Wildman–Crippen MR) is 117 cm³/mol. The highest BCUT2D eigenvalue weighted by Crippen LogP contribution is 2.36. The molecule has 3 heterocycles. The van der Waals surface area contributed by atoms with Crippen LogP contribution in [0.4, 0.5) is 0 Å². The molecule has 2 N–H and O–H groups in total. The molecule has 2 aliphatic heterocycles. The van der Waals surface area contributed by atoms with E-state index in [1.165, 1.54) is 17.3 Å². The molecule has 3 rings (SSSR count). The summed E-state index contributed by atoms with van der Waals surface area (Å²) < 4.78 is 37.5. The smallest absolute Gasteiger partial charge is 0.399 e. The minimum Gasteiger partial charge on any atom is -0.399 e. The first-order chi connectivity index (χ1) is 14.9. The number of aliphatic hydroxyl groups is 2. The van der Waals surface area contributed by atoms with Crippen molar-refractivity contribution in [1.29, 1.82) is 0 Å². The van der Waals surface area contributed by atoms with E-state index in [2.05, 4.69) is 9.97 Å². The lowest BCUT2D eigenvalue weighted by atomic mass is 9.81. The molecule has 0 radical (unpaired) electrons. The molecule has 0 spiro atoms. The van der Waals surface area contributed by atoms with Gasteiger partial charge in [0.25, 0.3) is 5.91 Å². The summed E-state index contributed by atoms with van der Waals surface area (Å²) in [5.41, 5.74) is -0.533. The largest absolute Gasteiger partial charge is 0.498 e. The van der Waals surface area contributed by atoms with Crippen LogP contribution in [-0.2, 0) is 23.9 Å². The van der Waals surface area contributed by atoms with Gasteiger partial charge in [-0.3, -0.25) is 4.79 Å². The van der Waals surface area contributed by atoms with Gasteiger partial charge in [-0.25, -0.2) is 18.4 Å². The first-order valence-corrected chi connectivity index (χ1v) is 12.5. The highest BCUT2D eigenvalue weighted by atomic mass is 32.2. The van der Waals surface area contributed by atoms with Crippen molar-refractivity contribution in [2.24, 2.45) is 0 Å². The van der Waals surface area contributed by atoms with Crippen LogP contribution in [0.5, 0.6) is 0 Å². The maximum absolute atomic E-state index is 12.8. The topological polar surface area (TPSA) is 139 Å². The van der Waals surface area contributed by atoms with Gasteiger partial charge in [0.15, 0.2) is 6.10 Å². The lowest BCUT2D eigenvalue weighted by Gasteiger charge is -2.36. The Morgan fingerprint density at radius 1 is 1.22 bits per heavy atom. The number of carbonyl (C=O) groups excluding carboxylic acids is 1. The molecule has 0 unspecified atom stereocenters. The number of aromatic nitrogens is 2. The van der Waals surface area contributed by atoms with Crippen molar-refractivity contribution < 1.29 is 32.7 Å². The summed E-state index contributed by atoms with van der Waals surface area (Å²) in [7, 11) is -4.46. The van der Waals surface area contributed by atoms with Crippen LogP contribution in [-0.4, -0.2) is 88.8 Å². The Kier molecular flexibility index (Phi) is 7.31. The molecule has 1 amide bonds. The molecule has 32 heavy (non-hydrogen) atoms. The van der Waals surface area contributed by atoms with Crippen molar-refractivity contribution in [3.05, 3.63) is 12.4 Å². The second kappa shape index (κ2) is 9.34. The van der Waals surface area contributed by atoms with Gasteiger partial charge in [0.2, 0.25) is 15.0 Å². The number of hydrogen-bond donors (Lipinski definition) is 2. The van der Waals surface area contributed by atoms with Gasteiger partial charge in [0, 0.05) is 30.4 Å². The molecule has 1 aromatic rings. The fraction of sp³-hybridized carbons (Fsp3) is 0.750. The monoisotopic (exact) mass is 469 g/mol. The standard InChI is InChI=1S/C20H32BN3O7S/c1-19(2)20(3,4)31-21(30-19)14-11-22-18(23-12-14)32(28,29)10-8-15-7-5-6-9-24(15)17(27)16(26)13-25/h11-12,15-16,25-26H,5-10,13H2,1-4H3/t15-,16-/m1/s1. The van der Waals surface area contributed by atoms with Gasteiger partial charge in [-0.05, 0) is 53.4 Å². The summed E-state index contributed by atoms with van der Waals surface area (Å²) in [6, 6.07) is -0.323. The molecule has 0 saturated carbocycles. The Bertz CT molecular complexity index is 908. The quantitative estimate of drug-likeness (QED) is 0.406. The molecule has 2 fully saturated rings. The summed E-state index contributed by atoms with van der Waals surface area (Å²) in [5.74, 6) is -0.801. The Balaban J connectivity index is 1.66. The number of hydrogen-bond acceptors (Lipinski definition) is 9. The van der Waals surface area contributed by atoms with Gasteiger partial charge in [0.05, 0.1) is 23.6 Å². The van der Waals surface area contributed by atoms with Crippen LogP contribution in [0.1, 0.15) is 53.4 Å². The average Bonchev–Trinajstić information content (AvgIpc) is 2.98. The van der Waals surface area contributed by atoms with Crippen molar-refractivity contribution >= 4 is 28.3 Å². The van der Waals surface area contributed by atoms with Crippen molar-refractivity contribution in [2.45, 2.75) is 81.9 Å². The average molecular weight is 469 g/mol. The van der Waals surface area contributed by atoms with E-state index >= 15 is 0 Å². The van der Waals surface area contributed by atoms with Gasteiger partial charge < -0.3 is 24.4 Å². The normalized spacial score (nSPS) is 23.9. The molecule has 10 nitrogen and oxygen atoms in total. The Hall–Kier alpha value is -1.60. The van der Waals surface area contributed by atoms with Crippen LogP contribution in [0, 0.1) is 0 Å². The third-order valence-electron chi connectivity index (χ3n) is 6.54. The number of sulfone groups is 1. The molecule has 2 aliphatic rings. The summed E-state index contributed by atoms with van der Waals surface area (Å²) >= 11 is 0. The van der Waals surface area contributed by atoms with Gasteiger partial charge in [-0.15, -0.1) is 0 Å². The van der Waals surface area contributed by atoms with Crippen LogP contribution >= 0.6 is 0 Å². The maximum Gasteiger partial charge on any atom is 0.498 e. The zero-order valence-corrected chi connectivity index (χ0v) is 19.8. The fourth-order valence-corrected chi connectivity index (χ4v) is 5.02. The molecule has 12 heteroatoms. The third-order valence-corrected chi connectivity index (χ3v) is 8.08. The van der Waals surface area contributed by atoms with Crippen molar-refractivity contribution in [2.75, 3.05) is 18.9 Å². The minimum atomic E-state index is -3.77. The zero-order valence-electron chi connectivity index (χ0n) is 19.0. The molecule has 178 valence electrons. The van der Waals surface area contributed by atoms with Crippen LogP contribution < -0.4 is 5.46 Å². The number of piperidine rings is 1. The summed E-state index contributed by atoms with van der Waals surface area (Å²) in [6.45, 7) is 7.46. The molecular weight excluding hydrogens is 437 g/mol. The van der Waals surface area contributed by atoms with Gasteiger partial charge >= 0.3 is 7.12 Å². The van der Waals surface area contributed by atoms with Crippen molar-refractivity contribution in [1.82, 2.24) is 14.9 Å². The van der Waals surface area contributed by atoms with Crippen LogP contribution in [0.25, 0.3) is 0 Å². The van der Waals surface area contributed by atoms with E-state index in [0.717, 1.165) is 12.8 Å². The van der Waals surface area contributed by atoms with Crippen LogP contribution in [0.3, 0.4) is 0 Å². The second-order valence-corrected chi connectivity index (χ2v) is 11.4. The fourth-order valence-electron chi connectivity index (χ4n) is 3.83. The van der Waals surface area contributed by atoms with E-state index in [-0.39, 0.29) is 23.4 Å². The lowest BCUT2D eigenvalue weighted by molar-refractivity contribution is -0.146. The number of likely N-dealkylation sites (tertiary alicyclic amines) is 1. The molecule has 2 saturated heterocycles. The van der Waals surface area contributed by atoms with E-state index in [0.29, 0.717) is 18.4 Å². The third kappa shape index (κ3) is 5.14. The number of aliphatic hydroxyl groups excluding tert-OH is 2. The molecule has 0 aliphatic carbocycles. The SMILES string of the molecule is CC1(C)OB(c2cnc(S(=O)(=O)CC[C@H]3CCCCN3C(=O)[C@H](O)CO)nc2)OC1(C)C. The van der Waals surface area contributed by atoms with Gasteiger partial charge in [-0.2, -0.15) is 0 Å². The van der Waals surface area contributed by atoms with Crippen LogP contribution in [0.15, 0.2) is 17.6 Å². The van der Waals surface area contributed by atoms with E-state index in [4.69, 9.17) is 14.4 Å². The molecule has 0 bridgehead atoms. The van der Waals surface area contributed by atoms with E-state index in [9.17, 15) is 18.3 Å². The first-order valence-electron chi connectivity index (χ1n) is 10.9. The van der Waals surface area contributed by atoms with E-state index in [1.54, 1.807) is 0 Å². The summed E-state index contributed by atoms with van der Waals surface area (Å²) in [5, 5.41) is 18.5. The number of amides is 1. The molecular formula is C20H32BN3O7S. The van der Waals surface area contributed by atoms with Crippen LogP contribution in [0.2, 0.25) is 0 Å². The number of carbonyl (C=O) groups is 1. The first kappa shape index (κ1) is 25.0. The number of rotatable bonds is 7. The van der Waals surface area contributed by atoms with Gasteiger partial charge in [-0.1, -0.05) is 0 Å². The lowest BCUT2D eigenvalue weighted by Crippen LogP contribution is -2.49. The zero-order chi connectivity index (χ0) is 23.7. The molecule has 1 aromatic heterocycles. The predicted octanol–water partition coefficient (Wildman–Crippen LogP) is -0.326. The second-order valence-electron chi connectivity index (χ2n) is 9.37. The van der Waals surface area contributed by atoms with E-state index < -0.39 is 46.8 Å². The van der Waals surface area contributed by atoms with Crippen molar-refractivity contribution in [3.8, 4) is 0 Å². The van der Waals surface area contributed by atoms with E-state index in [1.807, 2.05) is 27.7 Å². The van der Waals surface area contributed by atoms with Crippen molar-refractivity contribution in [3.63, 3.8) is 0 Å². The van der Waals surface area contributed by atoms with Gasteiger partial charge in [0.1, 0.15) is 0 Å². The Morgan fingerprint density at radius 3 is 2.38 bits per heavy atom. The highest BCUT2D eigenvalue weighted by molar-refractivity contribution is 7.91.